The topological polar surface area (TPSA) is 55.8 Å². The lowest BCUT2D eigenvalue weighted by Gasteiger charge is -2.26. The molecule has 1 atom stereocenters. The van der Waals surface area contributed by atoms with Crippen LogP contribution in [-0.2, 0) is 9.47 Å². The number of rotatable bonds is 10. The molecule has 1 unspecified atom stereocenters. The van der Waals surface area contributed by atoms with Gasteiger partial charge in [-0.3, -0.25) is 4.79 Å². The number of carbonyl (C=O) groups excluding carboxylic acids is 1. The number of aliphatic hydroxyl groups is 1. The smallest absolute Gasteiger partial charge is 0.296 e. The molecule has 0 radical (unpaired) electrons. The summed E-state index contributed by atoms with van der Waals surface area (Å²) in [5.41, 5.74) is -1.31. The summed E-state index contributed by atoms with van der Waals surface area (Å²) in [6, 6.07) is 0. The first-order chi connectivity index (χ1) is 9.09. The fourth-order valence-corrected chi connectivity index (χ4v) is 1.87. The minimum Gasteiger partial charge on any atom is -0.470 e. The molecule has 0 rings (SSSR count). The second-order valence-corrected chi connectivity index (χ2v) is 6.66. The van der Waals surface area contributed by atoms with Gasteiger partial charge in [0.2, 0.25) is 0 Å². The fourth-order valence-electron chi connectivity index (χ4n) is 1.87. The molecule has 0 saturated heterocycles. The predicted octanol–water partition coefficient (Wildman–Crippen LogP) is 3.05. The van der Waals surface area contributed by atoms with Gasteiger partial charge >= 0.3 is 0 Å². The van der Waals surface area contributed by atoms with Gasteiger partial charge in [-0.2, -0.15) is 0 Å². The van der Waals surface area contributed by atoms with Gasteiger partial charge in [0.15, 0.2) is 0 Å². The zero-order valence-electron chi connectivity index (χ0n) is 14.0. The van der Waals surface area contributed by atoms with Crippen LogP contribution in [0.1, 0.15) is 67.2 Å². The van der Waals surface area contributed by atoms with Gasteiger partial charge in [0, 0.05) is 12.1 Å². The molecule has 0 aliphatic heterocycles. The molecule has 0 aliphatic carbocycles. The van der Waals surface area contributed by atoms with Crippen LogP contribution in [0.2, 0.25) is 0 Å². The third-order valence-corrected chi connectivity index (χ3v) is 3.14. The van der Waals surface area contributed by atoms with E-state index in [1.807, 2.05) is 20.8 Å². The summed E-state index contributed by atoms with van der Waals surface area (Å²) < 4.78 is 11.1. The van der Waals surface area contributed by atoms with Crippen molar-refractivity contribution in [2.24, 2.45) is 0 Å². The Morgan fingerprint density at radius 2 is 1.85 bits per heavy atom. The Morgan fingerprint density at radius 1 is 1.25 bits per heavy atom. The zero-order valence-corrected chi connectivity index (χ0v) is 14.0. The average molecular weight is 286 g/mol. The Bertz CT molecular complexity index is 284. The molecule has 0 heterocycles. The van der Waals surface area contributed by atoms with Crippen LogP contribution in [0.5, 0.6) is 0 Å². The van der Waals surface area contributed by atoms with Crippen LogP contribution in [0.3, 0.4) is 0 Å². The van der Waals surface area contributed by atoms with Crippen LogP contribution in [0.25, 0.3) is 0 Å². The number of hydrogen-bond donors (Lipinski definition) is 1. The van der Waals surface area contributed by atoms with Crippen molar-refractivity contribution in [2.45, 2.75) is 84.4 Å². The van der Waals surface area contributed by atoms with Crippen molar-refractivity contribution in [3.05, 3.63) is 0 Å². The summed E-state index contributed by atoms with van der Waals surface area (Å²) in [7, 11) is 0.235. The molecule has 0 spiro atoms. The number of carbonyl (C=O) groups is 1. The maximum atomic E-state index is 11.9. The second kappa shape index (κ2) is 8.68. The van der Waals surface area contributed by atoms with Gasteiger partial charge in [0.25, 0.3) is 13.1 Å². The fraction of sp³-hybridized carbons (Fsp3) is 0.933. The monoisotopic (exact) mass is 286 g/mol. The zero-order chi connectivity index (χ0) is 15.8. The molecule has 1 N–H and O–H groups in total. The summed E-state index contributed by atoms with van der Waals surface area (Å²) in [4.78, 5) is 11.9. The molecule has 5 heteroatoms. The van der Waals surface area contributed by atoms with Crippen molar-refractivity contribution >= 4 is 13.1 Å². The number of hydrogen-bond acceptors (Lipinski definition) is 4. The van der Waals surface area contributed by atoms with Crippen molar-refractivity contribution in [3.63, 3.8) is 0 Å². The minimum atomic E-state index is -0.745. The summed E-state index contributed by atoms with van der Waals surface area (Å²) in [5.74, 6) is -0.210. The highest BCUT2D eigenvalue weighted by molar-refractivity contribution is 6.74. The molecule has 0 aliphatic rings. The quantitative estimate of drug-likeness (QED) is 0.627. The Kier molecular flexibility index (Phi) is 8.44. The van der Waals surface area contributed by atoms with Crippen LogP contribution in [0, 0.1) is 0 Å². The molecule has 0 aromatic rings. The standard InChI is InChI=1S/C15H31BO4/c1-7-9-12(8-2)20-13(17)16-15(5,6)19-11-10-14(3,4)18/h12,16,18H,7-11H2,1-6H3. The van der Waals surface area contributed by atoms with E-state index in [1.165, 1.54) is 0 Å². The van der Waals surface area contributed by atoms with Crippen LogP contribution in [-0.4, -0.2) is 42.1 Å². The number of ether oxygens (including phenoxy) is 2. The van der Waals surface area contributed by atoms with Gasteiger partial charge in [-0.05, 0) is 47.0 Å². The van der Waals surface area contributed by atoms with Gasteiger partial charge in [0.1, 0.15) is 6.10 Å². The first-order valence-electron chi connectivity index (χ1n) is 7.65. The largest absolute Gasteiger partial charge is 0.470 e. The van der Waals surface area contributed by atoms with Crippen LogP contribution < -0.4 is 0 Å². The highest BCUT2D eigenvalue weighted by atomic mass is 16.5. The molecule has 118 valence electrons. The highest BCUT2D eigenvalue weighted by Crippen LogP contribution is 2.14. The van der Waals surface area contributed by atoms with E-state index in [0.717, 1.165) is 19.3 Å². The summed E-state index contributed by atoms with van der Waals surface area (Å²) in [5, 5.41) is 9.63. The van der Waals surface area contributed by atoms with Crippen LogP contribution in [0.4, 0.5) is 4.79 Å². The van der Waals surface area contributed by atoms with E-state index in [4.69, 9.17) is 9.47 Å². The van der Waals surface area contributed by atoms with Crippen molar-refractivity contribution < 1.29 is 19.4 Å². The molecule has 0 aromatic carbocycles. The highest BCUT2D eigenvalue weighted by Gasteiger charge is 2.28. The second-order valence-electron chi connectivity index (χ2n) is 6.66. The average Bonchev–Trinajstić information content (AvgIpc) is 2.25. The van der Waals surface area contributed by atoms with E-state index in [-0.39, 0.29) is 19.3 Å². The summed E-state index contributed by atoms with van der Waals surface area (Å²) in [6.45, 7) is 11.8. The van der Waals surface area contributed by atoms with Crippen molar-refractivity contribution in [3.8, 4) is 0 Å². The Hall–Kier alpha value is -0.545. The molecule has 0 bridgehead atoms. The molecular formula is C15H31BO4. The van der Waals surface area contributed by atoms with Crippen molar-refractivity contribution in [2.75, 3.05) is 6.61 Å². The molecule has 4 nitrogen and oxygen atoms in total. The minimum absolute atomic E-state index is 0.0136. The van der Waals surface area contributed by atoms with Gasteiger partial charge in [-0.1, -0.05) is 20.3 Å². The van der Waals surface area contributed by atoms with E-state index >= 15 is 0 Å². The maximum Gasteiger partial charge on any atom is 0.296 e. The Morgan fingerprint density at radius 3 is 2.30 bits per heavy atom. The van der Waals surface area contributed by atoms with Gasteiger partial charge in [0.05, 0.1) is 5.60 Å². The molecular weight excluding hydrogens is 255 g/mol. The molecule has 20 heavy (non-hydrogen) atoms. The molecule has 0 amide bonds. The predicted molar refractivity (Wildman–Crippen MR) is 83.6 cm³/mol. The normalized spacial score (nSPS) is 13.9. The third kappa shape index (κ3) is 10.3. The summed E-state index contributed by atoms with van der Waals surface area (Å²) in [6.07, 6.45) is 3.32. The van der Waals surface area contributed by atoms with E-state index < -0.39 is 11.1 Å². The van der Waals surface area contributed by atoms with Gasteiger partial charge in [-0.25, -0.2) is 0 Å². The van der Waals surface area contributed by atoms with E-state index in [9.17, 15) is 9.90 Å². The summed E-state index contributed by atoms with van der Waals surface area (Å²) >= 11 is 0. The van der Waals surface area contributed by atoms with E-state index in [2.05, 4.69) is 6.92 Å². The van der Waals surface area contributed by atoms with Crippen LogP contribution in [0.15, 0.2) is 0 Å². The van der Waals surface area contributed by atoms with E-state index in [0.29, 0.717) is 13.0 Å². The Labute approximate surface area is 124 Å². The van der Waals surface area contributed by atoms with Gasteiger partial charge < -0.3 is 14.6 Å². The maximum absolute atomic E-state index is 11.9. The first kappa shape index (κ1) is 19.5. The van der Waals surface area contributed by atoms with Crippen molar-refractivity contribution in [1.82, 2.24) is 0 Å². The van der Waals surface area contributed by atoms with Gasteiger partial charge in [-0.15, -0.1) is 0 Å². The SMILES string of the molecule is CCCC(CC)OC(=O)BC(C)(C)OCCC(C)(C)O. The van der Waals surface area contributed by atoms with E-state index in [1.54, 1.807) is 13.8 Å². The van der Waals surface area contributed by atoms with Crippen molar-refractivity contribution in [1.29, 1.82) is 0 Å². The molecule has 0 saturated carbocycles. The molecule has 0 aromatic heterocycles. The Balaban J connectivity index is 4.14. The lowest BCUT2D eigenvalue weighted by atomic mass is 9.62. The third-order valence-electron chi connectivity index (χ3n) is 3.14. The lowest BCUT2D eigenvalue weighted by molar-refractivity contribution is -0.00783. The first-order valence-corrected chi connectivity index (χ1v) is 7.65. The van der Waals surface area contributed by atoms with Crippen LogP contribution >= 0.6 is 0 Å². The molecule has 0 fully saturated rings. The lowest BCUT2D eigenvalue weighted by Crippen LogP contribution is -2.40.